The summed E-state index contributed by atoms with van der Waals surface area (Å²) in [5.41, 5.74) is 3.44. The predicted molar refractivity (Wildman–Crippen MR) is 62.3 cm³/mol. The van der Waals surface area contributed by atoms with Crippen LogP contribution < -0.4 is 10.2 Å². The second kappa shape index (κ2) is 3.90. The predicted octanol–water partition coefficient (Wildman–Crippen LogP) is 1.12. The average molecular weight is 204 g/mol. The Morgan fingerprint density at radius 2 is 2.27 bits per heavy atom. The zero-order valence-electron chi connectivity index (χ0n) is 9.36. The topological polar surface area (TPSA) is 32.6 Å². The van der Waals surface area contributed by atoms with Gasteiger partial charge in [-0.2, -0.15) is 0 Å². The highest BCUT2D eigenvalue weighted by Gasteiger charge is 2.04. The lowest BCUT2D eigenvalue weighted by molar-refractivity contribution is 0.802. The molecule has 2 rings (SSSR count). The lowest BCUT2D eigenvalue weighted by Crippen LogP contribution is -2.09. The third-order valence-corrected chi connectivity index (χ3v) is 2.46. The molecular formula is C11H16N4. The number of aromatic nitrogens is 2. The number of anilines is 1. The van der Waals surface area contributed by atoms with Crippen molar-refractivity contribution in [3.05, 3.63) is 30.4 Å². The van der Waals surface area contributed by atoms with Crippen molar-refractivity contribution in [2.24, 2.45) is 0 Å². The van der Waals surface area contributed by atoms with Crippen LogP contribution in [0.25, 0.3) is 5.52 Å². The Balaban J connectivity index is 2.51. The minimum Gasteiger partial charge on any atom is -0.378 e. The van der Waals surface area contributed by atoms with E-state index >= 15 is 0 Å². The van der Waals surface area contributed by atoms with Crippen molar-refractivity contribution in [1.29, 1.82) is 0 Å². The van der Waals surface area contributed by atoms with Gasteiger partial charge in [0.15, 0.2) is 0 Å². The van der Waals surface area contributed by atoms with Crippen molar-refractivity contribution in [1.82, 2.24) is 14.7 Å². The number of hydrogen-bond acceptors (Lipinski definition) is 3. The SMILES string of the molecule is CNCc1ncn2ccc(N(C)C)cc12. The van der Waals surface area contributed by atoms with Crippen LogP contribution in [0.3, 0.4) is 0 Å². The molecule has 0 saturated carbocycles. The highest BCUT2D eigenvalue weighted by atomic mass is 15.1. The Kier molecular flexibility index (Phi) is 2.60. The highest BCUT2D eigenvalue weighted by Crippen LogP contribution is 2.17. The largest absolute Gasteiger partial charge is 0.378 e. The molecule has 80 valence electrons. The van der Waals surface area contributed by atoms with Gasteiger partial charge >= 0.3 is 0 Å². The summed E-state index contributed by atoms with van der Waals surface area (Å²) in [6.07, 6.45) is 3.89. The number of hydrogen-bond donors (Lipinski definition) is 1. The van der Waals surface area contributed by atoms with Crippen molar-refractivity contribution in [2.45, 2.75) is 6.54 Å². The fourth-order valence-electron chi connectivity index (χ4n) is 1.61. The van der Waals surface area contributed by atoms with Crippen molar-refractivity contribution < 1.29 is 0 Å². The summed E-state index contributed by atoms with van der Waals surface area (Å²) in [6.45, 7) is 0.799. The van der Waals surface area contributed by atoms with E-state index in [0.717, 1.165) is 17.8 Å². The van der Waals surface area contributed by atoms with Crippen LogP contribution in [0.5, 0.6) is 0 Å². The molecule has 0 fully saturated rings. The maximum absolute atomic E-state index is 4.37. The molecule has 0 aliphatic rings. The molecule has 2 aromatic rings. The van der Waals surface area contributed by atoms with Crippen molar-refractivity contribution in [2.75, 3.05) is 26.0 Å². The second-order valence-electron chi connectivity index (χ2n) is 3.79. The van der Waals surface area contributed by atoms with Crippen LogP contribution in [0.1, 0.15) is 5.69 Å². The summed E-state index contributed by atoms with van der Waals surface area (Å²) in [5, 5.41) is 3.12. The maximum atomic E-state index is 4.37. The molecule has 0 radical (unpaired) electrons. The van der Waals surface area contributed by atoms with Crippen LogP contribution in [-0.2, 0) is 6.54 Å². The number of fused-ring (bicyclic) bond motifs is 1. The molecule has 15 heavy (non-hydrogen) atoms. The molecule has 0 aliphatic carbocycles. The van der Waals surface area contributed by atoms with Crippen LogP contribution >= 0.6 is 0 Å². The van der Waals surface area contributed by atoms with Crippen LogP contribution in [-0.4, -0.2) is 30.5 Å². The summed E-state index contributed by atoms with van der Waals surface area (Å²) in [5.74, 6) is 0. The third-order valence-electron chi connectivity index (χ3n) is 2.46. The Labute approximate surface area is 89.5 Å². The van der Waals surface area contributed by atoms with Gasteiger partial charge in [-0.05, 0) is 19.2 Å². The van der Waals surface area contributed by atoms with Gasteiger partial charge in [0.05, 0.1) is 17.5 Å². The van der Waals surface area contributed by atoms with E-state index in [-0.39, 0.29) is 0 Å². The summed E-state index contributed by atoms with van der Waals surface area (Å²) in [6, 6.07) is 4.23. The normalized spacial score (nSPS) is 10.9. The zero-order valence-corrected chi connectivity index (χ0v) is 9.36. The van der Waals surface area contributed by atoms with E-state index in [4.69, 9.17) is 0 Å². The van der Waals surface area contributed by atoms with Crippen LogP contribution in [0.15, 0.2) is 24.7 Å². The molecule has 0 aromatic carbocycles. The van der Waals surface area contributed by atoms with Crippen LogP contribution in [0.2, 0.25) is 0 Å². The minimum absolute atomic E-state index is 0.799. The van der Waals surface area contributed by atoms with Gasteiger partial charge in [-0.15, -0.1) is 0 Å². The number of nitrogens with one attached hydrogen (secondary N) is 1. The van der Waals surface area contributed by atoms with Gasteiger partial charge in [-0.3, -0.25) is 0 Å². The number of rotatable bonds is 3. The van der Waals surface area contributed by atoms with E-state index in [0.29, 0.717) is 0 Å². The first-order chi connectivity index (χ1) is 7.22. The number of pyridine rings is 1. The van der Waals surface area contributed by atoms with E-state index in [1.807, 2.05) is 38.1 Å². The molecule has 1 N–H and O–H groups in total. The Bertz CT molecular complexity index is 459. The van der Waals surface area contributed by atoms with E-state index in [9.17, 15) is 0 Å². The first-order valence-electron chi connectivity index (χ1n) is 5.00. The molecule has 0 bridgehead atoms. The van der Waals surface area contributed by atoms with Crippen molar-refractivity contribution in [3.8, 4) is 0 Å². The molecule has 0 spiro atoms. The summed E-state index contributed by atoms with van der Waals surface area (Å²) in [4.78, 5) is 6.46. The Morgan fingerprint density at radius 1 is 1.47 bits per heavy atom. The molecular weight excluding hydrogens is 188 g/mol. The van der Waals surface area contributed by atoms with Gasteiger partial charge < -0.3 is 14.6 Å². The monoisotopic (exact) mass is 204 g/mol. The molecule has 0 aliphatic heterocycles. The van der Waals surface area contributed by atoms with Gasteiger partial charge in [-0.25, -0.2) is 4.98 Å². The van der Waals surface area contributed by atoms with Crippen molar-refractivity contribution in [3.63, 3.8) is 0 Å². The molecule has 0 amide bonds. The number of nitrogens with zero attached hydrogens (tertiary/aromatic N) is 3. The number of imidazole rings is 1. The summed E-state index contributed by atoms with van der Waals surface area (Å²) < 4.78 is 2.04. The minimum atomic E-state index is 0.799. The smallest absolute Gasteiger partial charge is 0.0996 e. The Hall–Kier alpha value is -1.55. The maximum Gasteiger partial charge on any atom is 0.0996 e. The molecule has 0 unspecified atom stereocenters. The fraction of sp³-hybridized carbons (Fsp3) is 0.364. The Morgan fingerprint density at radius 3 is 2.93 bits per heavy atom. The first kappa shape index (κ1) is 9.98. The van der Waals surface area contributed by atoms with Crippen LogP contribution in [0.4, 0.5) is 5.69 Å². The van der Waals surface area contributed by atoms with Gasteiger partial charge in [0, 0.05) is 32.5 Å². The highest BCUT2D eigenvalue weighted by molar-refractivity contribution is 5.62. The molecule has 4 nitrogen and oxygen atoms in total. The van der Waals surface area contributed by atoms with Crippen molar-refractivity contribution >= 4 is 11.2 Å². The van der Waals surface area contributed by atoms with Gasteiger partial charge in [-0.1, -0.05) is 0 Å². The van der Waals surface area contributed by atoms with E-state index < -0.39 is 0 Å². The van der Waals surface area contributed by atoms with Gasteiger partial charge in [0.2, 0.25) is 0 Å². The fourth-order valence-corrected chi connectivity index (χ4v) is 1.61. The second-order valence-corrected chi connectivity index (χ2v) is 3.79. The lowest BCUT2D eigenvalue weighted by Gasteiger charge is -2.12. The van der Waals surface area contributed by atoms with E-state index in [1.54, 1.807) is 0 Å². The van der Waals surface area contributed by atoms with Gasteiger partial charge in [0.25, 0.3) is 0 Å². The zero-order chi connectivity index (χ0) is 10.8. The molecule has 2 aromatic heterocycles. The molecule has 0 saturated heterocycles. The average Bonchev–Trinajstić information content (AvgIpc) is 2.61. The quantitative estimate of drug-likeness (QED) is 0.813. The summed E-state index contributed by atoms with van der Waals surface area (Å²) in [7, 11) is 6.01. The standard InChI is InChI=1S/C11H16N4/c1-12-7-10-11-6-9(14(2)3)4-5-15(11)8-13-10/h4-6,8,12H,7H2,1-3H3. The molecule has 4 heteroatoms. The van der Waals surface area contributed by atoms with Gasteiger partial charge in [0.1, 0.15) is 0 Å². The summed E-state index contributed by atoms with van der Waals surface area (Å²) >= 11 is 0. The third kappa shape index (κ3) is 1.80. The van der Waals surface area contributed by atoms with Crippen LogP contribution in [0, 0.1) is 0 Å². The lowest BCUT2D eigenvalue weighted by atomic mass is 10.3. The molecule has 0 atom stereocenters. The molecule has 2 heterocycles. The van der Waals surface area contributed by atoms with E-state index in [2.05, 4.69) is 27.3 Å². The van der Waals surface area contributed by atoms with E-state index in [1.165, 1.54) is 5.69 Å². The first-order valence-corrected chi connectivity index (χ1v) is 5.00.